The number of aliphatic hydroxyl groups excluding tert-OH is 3. The predicted molar refractivity (Wildman–Crippen MR) is 140 cm³/mol. The van der Waals surface area contributed by atoms with Crippen LogP contribution in [0, 0.1) is 11.3 Å². The van der Waals surface area contributed by atoms with Gasteiger partial charge in [0.2, 0.25) is 0 Å². The number of carbonyl (C=O) groups is 2. The molecule has 9 rings (SSSR count). The Morgan fingerprint density at radius 2 is 1.58 bits per heavy atom. The number of hydrogen-bond acceptors (Lipinski definition) is 13. The monoisotopic (exact) mass is 600 g/mol. The van der Waals surface area contributed by atoms with Gasteiger partial charge in [-0.2, -0.15) is 0 Å². The van der Waals surface area contributed by atoms with Gasteiger partial charge in [-0.25, -0.2) is 9.59 Å². The van der Waals surface area contributed by atoms with Crippen molar-refractivity contribution in [2.45, 2.75) is 73.8 Å². The van der Waals surface area contributed by atoms with Gasteiger partial charge in [-0.1, -0.05) is 18.2 Å². The number of esters is 2. The lowest BCUT2D eigenvalue weighted by Crippen LogP contribution is -2.80. The van der Waals surface area contributed by atoms with E-state index in [9.17, 15) is 35.1 Å². The van der Waals surface area contributed by atoms with Crippen molar-refractivity contribution in [3.8, 4) is 5.75 Å². The fourth-order valence-electron chi connectivity index (χ4n) is 7.70. The van der Waals surface area contributed by atoms with E-state index >= 15 is 0 Å². The molecular formula is C30H32O13. The Kier molecular flexibility index (Phi) is 6.44. The van der Waals surface area contributed by atoms with Crippen molar-refractivity contribution in [3.05, 3.63) is 65.7 Å². The molecule has 0 amide bonds. The minimum atomic E-state index is -1.72. The number of phenols is 1. The molecule has 230 valence electrons. The topological polar surface area (TPSA) is 191 Å². The molecule has 0 spiro atoms. The third-order valence-electron chi connectivity index (χ3n) is 9.87. The first-order chi connectivity index (χ1) is 20.4. The summed E-state index contributed by atoms with van der Waals surface area (Å²) in [4.78, 5) is 25.4. The van der Waals surface area contributed by atoms with Crippen LogP contribution >= 0.6 is 0 Å². The van der Waals surface area contributed by atoms with Gasteiger partial charge >= 0.3 is 11.9 Å². The predicted octanol–water partition coefficient (Wildman–Crippen LogP) is 0.213. The minimum Gasteiger partial charge on any atom is -0.508 e. The van der Waals surface area contributed by atoms with E-state index < -0.39 is 83.9 Å². The molecule has 4 aliphatic heterocycles. The molecule has 4 saturated heterocycles. The van der Waals surface area contributed by atoms with Crippen LogP contribution in [0.2, 0.25) is 0 Å². The molecule has 2 aromatic rings. The average molecular weight is 601 g/mol. The number of rotatable bonds is 8. The maximum Gasteiger partial charge on any atom is 0.338 e. The van der Waals surface area contributed by atoms with Crippen LogP contribution in [-0.2, 0) is 28.4 Å². The van der Waals surface area contributed by atoms with Crippen LogP contribution in [-0.4, -0.2) is 105 Å². The van der Waals surface area contributed by atoms with Crippen molar-refractivity contribution in [2.75, 3.05) is 13.2 Å². The highest BCUT2D eigenvalue weighted by molar-refractivity contribution is 5.89. The number of aliphatic hydroxyl groups is 4. The largest absolute Gasteiger partial charge is 0.508 e. The molecule has 13 nitrogen and oxygen atoms in total. The van der Waals surface area contributed by atoms with Crippen LogP contribution in [0.4, 0.5) is 0 Å². The molecule has 3 aliphatic carbocycles. The Bertz CT molecular complexity index is 1420. The van der Waals surface area contributed by atoms with Gasteiger partial charge in [-0.3, -0.25) is 0 Å². The van der Waals surface area contributed by atoms with E-state index in [1.54, 1.807) is 37.3 Å². The first kappa shape index (κ1) is 28.6. The summed E-state index contributed by atoms with van der Waals surface area (Å²) in [6, 6.07) is 13.8. The number of hydrogen-bond donors (Lipinski definition) is 5. The van der Waals surface area contributed by atoms with E-state index in [2.05, 4.69) is 0 Å². The Morgan fingerprint density at radius 3 is 2.30 bits per heavy atom. The molecule has 6 bridgehead atoms. The Hall–Kier alpha value is -3.14. The highest BCUT2D eigenvalue weighted by atomic mass is 16.8. The van der Waals surface area contributed by atoms with Gasteiger partial charge in [0.1, 0.15) is 54.6 Å². The van der Waals surface area contributed by atoms with Crippen LogP contribution in [0.25, 0.3) is 0 Å². The first-order valence-electron chi connectivity index (χ1n) is 14.1. The zero-order valence-corrected chi connectivity index (χ0v) is 23.1. The number of phenolic OH excluding ortho intramolecular Hbond substituents is 1. The second kappa shape index (κ2) is 9.68. The molecule has 0 radical (unpaired) electrons. The number of ether oxygens (including phenoxy) is 6. The fourth-order valence-corrected chi connectivity index (χ4v) is 7.70. The summed E-state index contributed by atoms with van der Waals surface area (Å²) in [5.74, 6) is -3.44. The molecule has 13 heteroatoms. The third kappa shape index (κ3) is 3.93. The molecule has 0 aromatic heterocycles. The first-order valence-corrected chi connectivity index (χ1v) is 14.1. The smallest absolute Gasteiger partial charge is 0.338 e. The van der Waals surface area contributed by atoms with Crippen LogP contribution in [0.5, 0.6) is 5.75 Å². The van der Waals surface area contributed by atoms with E-state index in [0.717, 1.165) is 0 Å². The van der Waals surface area contributed by atoms with E-state index in [1.807, 2.05) is 0 Å². The lowest BCUT2D eigenvalue weighted by atomic mass is 9.41. The number of carbonyl (C=O) groups excluding carboxylic acids is 2. The van der Waals surface area contributed by atoms with Gasteiger partial charge in [0, 0.05) is 12.3 Å². The molecule has 2 aromatic carbocycles. The lowest BCUT2D eigenvalue weighted by Gasteiger charge is -2.67. The molecule has 3 saturated carbocycles. The van der Waals surface area contributed by atoms with Gasteiger partial charge in [0.15, 0.2) is 18.4 Å². The van der Waals surface area contributed by atoms with Gasteiger partial charge in [0.05, 0.1) is 16.5 Å². The average Bonchev–Trinajstić information content (AvgIpc) is 3.18. The normalized spacial score (nSPS) is 43.7. The molecule has 4 heterocycles. The second-order valence-corrected chi connectivity index (χ2v) is 12.2. The fraction of sp³-hybridized carbons (Fsp3) is 0.533. The highest BCUT2D eigenvalue weighted by Crippen LogP contribution is 2.81. The van der Waals surface area contributed by atoms with E-state index in [4.69, 9.17) is 28.4 Å². The minimum absolute atomic E-state index is 0.0331. The summed E-state index contributed by atoms with van der Waals surface area (Å²) in [5, 5.41) is 53.1. The quantitative estimate of drug-likeness (QED) is 0.259. The molecule has 43 heavy (non-hydrogen) atoms. The summed E-state index contributed by atoms with van der Waals surface area (Å²) in [5.41, 5.74) is -3.12. The summed E-state index contributed by atoms with van der Waals surface area (Å²) in [7, 11) is 0. The Labute approximate surface area is 245 Å². The van der Waals surface area contributed by atoms with E-state index in [1.165, 1.54) is 24.3 Å². The van der Waals surface area contributed by atoms with Crippen LogP contribution < -0.4 is 0 Å². The summed E-state index contributed by atoms with van der Waals surface area (Å²) in [6.45, 7) is 1.02. The summed E-state index contributed by atoms with van der Waals surface area (Å²) in [6.07, 6.45) is -8.60. The third-order valence-corrected chi connectivity index (χ3v) is 9.87. The number of benzene rings is 2. The molecule has 1 unspecified atom stereocenters. The van der Waals surface area contributed by atoms with Crippen molar-refractivity contribution in [1.82, 2.24) is 0 Å². The van der Waals surface area contributed by atoms with Gasteiger partial charge in [-0.05, 0) is 49.7 Å². The summed E-state index contributed by atoms with van der Waals surface area (Å²) >= 11 is 0. The van der Waals surface area contributed by atoms with E-state index in [-0.39, 0.29) is 30.8 Å². The van der Waals surface area contributed by atoms with Crippen molar-refractivity contribution in [3.63, 3.8) is 0 Å². The zero-order valence-electron chi connectivity index (χ0n) is 23.1. The zero-order chi connectivity index (χ0) is 30.4. The highest BCUT2D eigenvalue weighted by Gasteiger charge is 2.94. The van der Waals surface area contributed by atoms with Gasteiger partial charge in [0.25, 0.3) is 0 Å². The van der Waals surface area contributed by atoms with Gasteiger partial charge < -0.3 is 54.0 Å². The van der Waals surface area contributed by atoms with Crippen molar-refractivity contribution in [1.29, 1.82) is 0 Å². The van der Waals surface area contributed by atoms with Crippen molar-refractivity contribution < 1.29 is 63.5 Å². The van der Waals surface area contributed by atoms with Gasteiger partial charge in [-0.15, -0.1) is 0 Å². The molecular weight excluding hydrogens is 568 g/mol. The lowest BCUT2D eigenvalue weighted by molar-refractivity contribution is -0.424. The van der Waals surface area contributed by atoms with Crippen LogP contribution in [0.1, 0.15) is 40.5 Å². The van der Waals surface area contributed by atoms with Crippen molar-refractivity contribution in [2.24, 2.45) is 11.3 Å². The molecule has 7 aliphatic rings. The standard InChI is InChI=1S/C30H32O13/c1-27-13-29(37)19-11-30(27,28(19,26(42-27)43-29)14-39-24(36)15-5-3-2-4-6-15)41-25-22(34)21(33)20(32)18(40-25)12-38-23(35)16-7-9-17(31)10-8-16/h2-10,18-22,25-26,31-34,37H,11-14H2,1H3/t18-,19-,20-,21+,22-,25+,26?,27+,28-,29-,30+/m1/s1. The summed E-state index contributed by atoms with van der Waals surface area (Å²) < 4.78 is 35.6. The second-order valence-electron chi connectivity index (χ2n) is 12.2. The Balaban J connectivity index is 1.12. The van der Waals surface area contributed by atoms with Crippen LogP contribution in [0.15, 0.2) is 54.6 Å². The number of aromatic hydroxyl groups is 1. The molecule has 11 atom stereocenters. The maximum atomic E-state index is 12.9. The molecule has 5 N–H and O–H groups in total. The van der Waals surface area contributed by atoms with Crippen LogP contribution in [0.3, 0.4) is 0 Å². The van der Waals surface area contributed by atoms with Crippen molar-refractivity contribution >= 4 is 11.9 Å². The van der Waals surface area contributed by atoms with E-state index in [0.29, 0.717) is 5.56 Å². The molecule has 7 fully saturated rings. The SMILES string of the molecule is C[C@@]12C[C@@]3(O)OC(O1)[C@@]1(COC(=O)c4ccccc4)[C@H]3C[C@@]12O[C@@H]1O[C@H](COC(=O)c2ccc(O)cc2)[C@@H](O)[C@H](O)[C@H]1O. The maximum absolute atomic E-state index is 12.9. The Morgan fingerprint density at radius 1 is 0.907 bits per heavy atom.